The highest BCUT2D eigenvalue weighted by atomic mass is 35.5. The molecule has 1 aromatic rings. The third-order valence-corrected chi connectivity index (χ3v) is 4.90. The van der Waals surface area contributed by atoms with Crippen molar-refractivity contribution in [1.82, 2.24) is 15.1 Å². The molecule has 2 rings (SSSR count). The zero-order valence-corrected chi connectivity index (χ0v) is 15.6. The molecule has 0 saturated carbocycles. The molecule has 6 nitrogen and oxygen atoms in total. The van der Waals surface area contributed by atoms with Gasteiger partial charge in [-0.15, -0.1) is 0 Å². The van der Waals surface area contributed by atoms with Crippen molar-refractivity contribution in [3.63, 3.8) is 0 Å². The number of piperazine rings is 1. The molecule has 1 aromatic carbocycles. The molecule has 1 amide bonds. The van der Waals surface area contributed by atoms with Gasteiger partial charge in [0, 0.05) is 43.3 Å². The molecule has 8 heteroatoms. The molecule has 26 heavy (non-hydrogen) atoms. The molecule has 1 heterocycles. The largest absolute Gasteiger partial charge is 0.480 e. The number of benzene rings is 1. The summed E-state index contributed by atoms with van der Waals surface area (Å²) in [5, 5.41) is 12.3. The Hall–Kier alpha value is -1.70. The number of carbonyl (C=O) groups is 2. The van der Waals surface area contributed by atoms with Crippen LogP contribution in [0.1, 0.15) is 25.3 Å². The molecule has 1 fully saturated rings. The first-order valence-electron chi connectivity index (χ1n) is 8.81. The van der Waals surface area contributed by atoms with Crippen LogP contribution in [0.4, 0.5) is 4.39 Å². The van der Waals surface area contributed by atoms with Crippen molar-refractivity contribution in [1.29, 1.82) is 0 Å². The molecule has 0 spiro atoms. The summed E-state index contributed by atoms with van der Waals surface area (Å²) in [5.74, 6) is -1.38. The normalized spacial score (nSPS) is 16.5. The van der Waals surface area contributed by atoms with Crippen LogP contribution in [0.2, 0.25) is 5.02 Å². The number of carboxylic acids is 1. The summed E-state index contributed by atoms with van der Waals surface area (Å²) in [5.41, 5.74) is 0.472. The number of rotatable bonds is 8. The number of carboxylic acid groups (broad SMARTS) is 1. The van der Waals surface area contributed by atoms with Gasteiger partial charge in [-0.05, 0) is 18.6 Å². The predicted octanol–water partition coefficient (Wildman–Crippen LogP) is 1.97. The average molecular weight is 386 g/mol. The Morgan fingerprint density at radius 1 is 1.31 bits per heavy atom. The van der Waals surface area contributed by atoms with Crippen LogP contribution < -0.4 is 5.32 Å². The Labute approximate surface area is 157 Å². The molecule has 1 unspecified atom stereocenters. The number of nitrogens with zero attached hydrogens (tertiary/aromatic N) is 2. The van der Waals surface area contributed by atoms with E-state index in [0.29, 0.717) is 49.7 Å². The molecular weight excluding hydrogens is 361 g/mol. The number of nitrogens with one attached hydrogen (secondary N) is 1. The Morgan fingerprint density at radius 3 is 2.58 bits per heavy atom. The van der Waals surface area contributed by atoms with E-state index in [1.54, 1.807) is 17.0 Å². The molecule has 1 aliphatic heterocycles. The summed E-state index contributed by atoms with van der Waals surface area (Å²) < 4.78 is 13.9. The van der Waals surface area contributed by atoms with Crippen molar-refractivity contribution in [2.75, 3.05) is 32.7 Å². The van der Waals surface area contributed by atoms with Crippen LogP contribution in [-0.2, 0) is 16.1 Å². The quantitative estimate of drug-likeness (QED) is 0.715. The van der Waals surface area contributed by atoms with E-state index in [1.807, 2.05) is 6.92 Å². The zero-order chi connectivity index (χ0) is 19.1. The van der Waals surface area contributed by atoms with Gasteiger partial charge in [-0.25, -0.2) is 4.39 Å². The number of carbonyl (C=O) groups excluding carboxylic acids is 1. The summed E-state index contributed by atoms with van der Waals surface area (Å²) in [6.45, 7) is 4.61. The minimum absolute atomic E-state index is 0.0100. The molecule has 1 aliphatic rings. The smallest absolute Gasteiger partial charge is 0.320 e. The van der Waals surface area contributed by atoms with Gasteiger partial charge >= 0.3 is 5.97 Å². The Kier molecular flexibility index (Phi) is 7.81. The Balaban J connectivity index is 1.80. The maximum absolute atomic E-state index is 13.9. The van der Waals surface area contributed by atoms with Gasteiger partial charge in [0.15, 0.2) is 0 Å². The first-order chi connectivity index (χ1) is 12.4. The molecule has 0 aliphatic carbocycles. The molecule has 1 saturated heterocycles. The van der Waals surface area contributed by atoms with Crippen LogP contribution in [0.3, 0.4) is 0 Å². The van der Waals surface area contributed by atoms with Gasteiger partial charge in [0.1, 0.15) is 11.9 Å². The Morgan fingerprint density at radius 2 is 2.00 bits per heavy atom. The van der Waals surface area contributed by atoms with Crippen molar-refractivity contribution in [2.45, 2.75) is 32.4 Å². The van der Waals surface area contributed by atoms with Crippen LogP contribution in [0.15, 0.2) is 18.2 Å². The van der Waals surface area contributed by atoms with Gasteiger partial charge < -0.3 is 10.0 Å². The lowest BCUT2D eigenvalue weighted by Crippen LogP contribution is -2.51. The number of hydrogen-bond acceptors (Lipinski definition) is 4. The van der Waals surface area contributed by atoms with E-state index in [0.717, 1.165) is 6.42 Å². The van der Waals surface area contributed by atoms with Crippen molar-refractivity contribution in [2.24, 2.45) is 0 Å². The van der Waals surface area contributed by atoms with Crippen LogP contribution in [0, 0.1) is 5.82 Å². The molecule has 144 valence electrons. The highest BCUT2D eigenvalue weighted by molar-refractivity contribution is 6.31. The number of aliphatic carboxylic acids is 1. The lowest BCUT2D eigenvalue weighted by atomic mass is 10.1. The number of hydrogen-bond donors (Lipinski definition) is 2. The highest BCUT2D eigenvalue weighted by Crippen LogP contribution is 2.21. The van der Waals surface area contributed by atoms with Crippen molar-refractivity contribution >= 4 is 23.5 Å². The zero-order valence-electron chi connectivity index (χ0n) is 14.9. The van der Waals surface area contributed by atoms with E-state index in [9.17, 15) is 14.0 Å². The monoisotopic (exact) mass is 385 g/mol. The van der Waals surface area contributed by atoms with E-state index < -0.39 is 12.0 Å². The Bertz CT molecular complexity index is 616. The van der Waals surface area contributed by atoms with E-state index >= 15 is 0 Å². The number of halogens is 2. The molecule has 0 aromatic heterocycles. The molecule has 1 atom stereocenters. The van der Waals surface area contributed by atoms with Crippen LogP contribution in [0.25, 0.3) is 0 Å². The topological polar surface area (TPSA) is 72.9 Å². The van der Waals surface area contributed by atoms with Crippen molar-refractivity contribution in [3.8, 4) is 0 Å². The van der Waals surface area contributed by atoms with Gasteiger partial charge in [0.2, 0.25) is 5.91 Å². The average Bonchev–Trinajstić information content (AvgIpc) is 2.62. The van der Waals surface area contributed by atoms with E-state index in [2.05, 4.69) is 10.2 Å². The summed E-state index contributed by atoms with van der Waals surface area (Å²) in [7, 11) is 0. The summed E-state index contributed by atoms with van der Waals surface area (Å²) >= 11 is 6.06. The van der Waals surface area contributed by atoms with Crippen molar-refractivity contribution < 1.29 is 19.1 Å². The SMILES string of the molecule is CCCC(NCC(=O)N1CCN(Cc2c(F)cccc2Cl)CC1)C(=O)O. The van der Waals surface area contributed by atoms with Crippen LogP contribution >= 0.6 is 11.6 Å². The van der Waals surface area contributed by atoms with Gasteiger partial charge in [-0.1, -0.05) is 31.0 Å². The maximum atomic E-state index is 13.9. The fourth-order valence-corrected chi connectivity index (χ4v) is 3.21. The van der Waals surface area contributed by atoms with Gasteiger partial charge in [-0.3, -0.25) is 19.8 Å². The predicted molar refractivity (Wildman–Crippen MR) is 97.6 cm³/mol. The molecule has 2 N–H and O–H groups in total. The molecular formula is C18H25ClFN3O3. The second kappa shape index (κ2) is 9.85. The minimum Gasteiger partial charge on any atom is -0.480 e. The van der Waals surface area contributed by atoms with E-state index in [4.69, 9.17) is 16.7 Å². The first kappa shape index (κ1) is 20.6. The van der Waals surface area contributed by atoms with Gasteiger partial charge in [0.05, 0.1) is 6.54 Å². The number of amides is 1. The third kappa shape index (κ3) is 5.65. The third-order valence-electron chi connectivity index (χ3n) is 4.54. The highest BCUT2D eigenvalue weighted by Gasteiger charge is 2.24. The van der Waals surface area contributed by atoms with E-state index in [-0.39, 0.29) is 18.3 Å². The maximum Gasteiger partial charge on any atom is 0.320 e. The van der Waals surface area contributed by atoms with Gasteiger partial charge in [0.25, 0.3) is 0 Å². The second-order valence-corrected chi connectivity index (χ2v) is 6.82. The summed E-state index contributed by atoms with van der Waals surface area (Å²) in [6, 6.07) is 3.93. The van der Waals surface area contributed by atoms with Crippen LogP contribution in [-0.4, -0.2) is 65.5 Å². The standard InChI is InChI=1S/C18H25ClFN3O3/c1-2-4-16(18(25)26)21-11-17(24)23-9-7-22(8-10-23)12-13-14(19)5-3-6-15(13)20/h3,5-6,16,21H,2,4,7-12H2,1H3,(H,25,26). The summed E-state index contributed by atoms with van der Waals surface area (Å²) in [6.07, 6.45) is 1.22. The van der Waals surface area contributed by atoms with Crippen LogP contribution in [0.5, 0.6) is 0 Å². The van der Waals surface area contributed by atoms with Gasteiger partial charge in [-0.2, -0.15) is 0 Å². The lowest BCUT2D eigenvalue weighted by molar-refractivity contribution is -0.140. The fraction of sp³-hybridized carbons (Fsp3) is 0.556. The molecule has 0 bridgehead atoms. The second-order valence-electron chi connectivity index (χ2n) is 6.42. The first-order valence-corrected chi connectivity index (χ1v) is 9.19. The van der Waals surface area contributed by atoms with Crippen molar-refractivity contribution in [3.05, 3.63) is 34.6 Å². The summed E-state index contributed by atoms with van der Waals surface area (Å²) in [4.78, 5) is 27.1. The van der Waals surface area contributed by atoms with E-state index in [1.165, 1.54) is 6.07 Å². The lowest BCUT2D eigenvalue weighted by Gasteiger charge is -2.35. The minimum atomic E-state index is -0.939. The fourth-order valence-electron chi connectivity index (χ4n) is 2.99. The molecule has 0 radical (unpaired) electrons.